The quantitative estimate of drug-likeness (QED) is 0.663. The molecule has 2 aromatic heterocycles. The fourth-order valence-corrected chi connectivity index (χ4v) is 1.76. The molecule has 0 aliphatic heterocycles. The fourth-order valence-electron chi connectivity index (χ4n) is 1.76. The van der Waals surface area contributed by atoms with Crippen molar-refractivity contribution in [1.29, 1.82) is 0 Å². The second-order valence-electron chi connectivity index (χ2n) is 3.64. The van der Waals surface area contributed by atoms with Crippen LogP contribution in [0.2, 0.25) is 0 Å². The number of aromatic nitrogens is 2. The number of esters is 1. The Kier molecular flexibility index (Phi) is 2.30. The molecule has 0 aliphatic carbocycles. The van der Waals surface area contributed by atoms with Crippen LogP contribution in [0, 0.1) is 0 Å². The van der Waals surface area contributed by atoms with Gasteiger partial charge in [0.05, 0.1) is 23.6 Å². The lowest BCUT2D eigenvalue weighted by Crippen LogP contribution is -2.17. The second-order valence-corrected chi connectivity index (χ2v) is 3.64. The number of ether oxygens (including phenoxy) is 1. The van der Waals surface area contributed by atoms with E-state index in [9.17, 15) is 9.59 Å². The third-order valence-electron chi connectivity index (χ3n) is 2.62. The Hall–Kier alpha value is -2.04. The average Bonchev–Trinajstić information content (AvgIpc) is 2.61. The van der Waals surface area contributed by atoms with Crippen molar-refractivity contribution in [2.75, 3.05) is 7.11 Å². The minimum atomic E-state index is -0.492. The number of methoxy groups -OCH3 is 1. The summed E-state index contributed by atoms with van der Waals surface area (Å²) in [5.41, 5.74) is 0.836. The first-order valence-electron chi connectivity index (χ1n) is 4.79. The molecule has 0 radical (unpaired) electrons. The average molecular weight is 220 g/mol. The minimum Gasteiger partial charge on any atom is -0.465 e. The Morgan fingerprint density at radius 1 is 1.31 bits per heavy atom. The lowest BCUT2D eigenvalue weighted by atomic mass is 10.2. The van der Waals surface area contributed by atoms with Gasteiger partial charge >= 0.3 is 5.97 Å². The zero-order valence-corrected chi connectivity index (χ0v) is 9.35. The summed E-state index contributed by atoms with van der Waals surface area (Å²) >= 11 is 0. The Morgan fingerprint density at radius 3 is 2.62 bits per heavy atom. The highest BCUT2D eigenvalue weighted by Crippen LogP contribution is 2.17. The van der Waals surface area contributed by atoms with Gasteiger partial charge in [-0.2, -0.15) is 0 Å². The molecule has 2 aromatic rings. The second kappa shape index (κ2) is 3.52. The van der Waals surface area contributed by atoms with Crippen LogP contribution in [0.15, 0.2) is 23.3 Å². The Balaban J connectivity index is 2.91. The van der Waals surface area contributed by atoms with Crippen molar-refractivity contribution < 1.29 is 9.53 Å². The van der Waals surface area contributed by atoms with Crippen molar-refractivity contribution in [3.05, 3.63) is 34.4 Å². The summed E-state index contributed by atoms with van der Waals surface area (Å²) in [7, 11) is 4.73. The molecule has 16 heavy (non-hydrogen) atoms. The van der Waals surface area contributed by atoms with Crippen LogP contribution in [0.4, 0.5) is 0 Å². The van der Waals surface area contributed by atoms with E-state index in [1.54, 1.807) is 37.1 Å². The Morgan fingerprint density at radius 2 is 2.00 bits per heavy atom. The number of aryl methyl sites for hydroxylation is 2. The van der Waals surface area contributed by atoms with Gasteiger partial charge in [-0.1, -0.05) is 0 Å². The molecule has 0 fully saturated rings. The highest BCUT2D eigenvalue weighted by atomic mass is 16.5. The molecule has 5 heteroatoms. The summed E-state index contributed by atoms with van der Waals surface area (Å²) < 4.78 is 7.83. The van der Waals surface area contributed by atoms with E-state index in [0.29, 0.717) is 10.9 Å². The standard InChI is InChI=1S/C11H12N2O3/c1-12-5-4-8-9(10(12)14)7(6-13(8)2)11(15)16-3/h4-6H,1-3H3. The predicted molar refractivity (Wildman–Crippen MR) is 59.5 cm³/mol. The first-order valence-corrected chi connectivity index (χ1v) is 4.79. The van der Waals surface area contributed by atoms with Crippen LogP contribution < -0.4 is 5.56 Å². The number of nitrogens with zero attached hydrogens (tertiary/aromatic N) is 2. The van der Waals surface area contributed by atoms with Gasteiger partial charge in [-0.25, -0.2) is 4.79 Å². The molecular formula is C11H12N2O3. The molecule has 0 unspecified atom stereocenters. The lowest BCUT2D eigenvalue weighted by molar-refractivity contribution is 0.0602. The van der Waals surface area contributed by atoms with Crippen molar-refractivity contribution in [2.45, 2.75) is 0 Å². The van der Waals surface area contributed by atoms with Crippen molar-refractivity contribution in [2.24, 2.45) is 14.1 Å². The number of carbonyl (C=O) groups is 1. The third kappa shape index (κ3) is 1.32. The van der Waals surface area contributed by atoms with E-state index in [1.165, 1.54) is 11.7 Å². The maximum absolute atomic E-state index is 11.9. The summed E-state index contributed by atoms with van der Waals surface area (Å²) in [6, 6.07) is 1.79. The number of pyridine rings is 1. The number of hydrogen-bond acceptors (Lipinski definition) is 3. The van der Waals surface area contributed by atoms with Crippen molar-refractivity contribution >= 4 is 16.9 Å². The third-order valence-corrected chi connectivity index (χ3v) is 2.62. The van der Waals surface area contributed by atoms with Crippen molar-refractivity contribution in [3.63, 3.8) is 0 Å². The summed E-state index contributed by atoms with van der Waals surface area (Å²) in [5, 5.41) is 0.402. The van der Waals surface area contributed by atoms with E-state index in [-0.39, 0.29) is 5.56 Å². The van der Waals surface area contributed by atoms with Gasteiger partial charge in [0.2, 0.25) is 0 Å². The van der Waals surface area contributed by atoms with Crippen LogP contribution in [0.3, 0.4) is 0 Å². The van der Waals surface area contributed by atoms with Gasteiger partial charge in [-0.3, -0.25) is 4.79 Å². The van der Waals surface area contributed by atoms with Gasteiger partial charge in [0.1, 0.15) is 0 Å². The van der Waals surface area contributed by atoms with Crippen LogP contribution in [0.1, 0.15) is 10.4 Å². The monoisotopic (exact) mass is 220 g/mol. The summed E-state index contributed by atoms with van der Waals surface area (Å²) in [6.45, 7) is 0. The largest absolute Gasteiger partial charge is 0.465 e. The molecule has 0 atom stereocenters. The van der Waals surface area contributed by atoms with Crippen LogP contribution in [-0.4, -0.2) is 22.2 Å². The van der Waals surface area contributed by atoms with Crippen LogP contribution in [0.25, 0.3) is 10.9 Å². The minimum absolute atomic E-state index is 0.196. The lowest BCUT2D eigenvalue weighted by Gasteiger charge is -1.99. The van der Waals surface area contributed by atoms with Crippen LogP contribution >= 0.6 is 0 Å². The molecule has 0 spiro atoms. The van der Waals surface area contributed by atoms with Gasteiger partial charge in [0.25, 0.3) is 5.56 Å². The summed E-state index contributed by atoms with van der Waals surface area (Å²) in [6.07, 6.45) is 3.28. The molecule has 0 aromatic carbocycles. The SMILES string of the molecule is COC(=O)c1cn(C)c2ccn(C)c(=O)c12. The molecule has 0 aliphatic rings. The highest BCUT2D eigenvalue weighted by Gasteiger charge is 2.17. The zero-order chi connectivity index (χ0) is 11.9. The number of carbonyl (C=O) groups excluding carboxylic acids is 1. The maximum atomic E-state index is 11.9. The first-order chi connectivity index (χ1) is 7.56. The topological polar surface area (TPSA) is 53.2 Å². The van der Waals surface area contributed by atoms with Crippen molar-refractivity contribution in [1.82, 2.24) is 9.13 Å². The van der Waals surface area contributed by atoms with E-state index in [1.807, 2.05) is 0 Å². The van der Waals surface area contributed by atoms with E-state index in [2.05, 4.69) is 4.74 Å². The molecule has 5 nitrogen and oxygen atoms in total. The molecule has 2 rings (SSSR count). The molecule has 0 saturated carbocycles. The van der Waals surface area contributed by atoms with E-state index < -0.39 is 5.97 Å². The maximum Gasteiger partial charge on any atom is 0.340 e. The Bertz CT molecular complexity index is 622. The van der Waals surface area contributed by atoms with Gasteiger partial charge < -0.3 is 13.9 Å². The van der Waals surface area contributed by atoms with E-state index in [0.717, 1.165) is 5.52 Å². The molecular weight excluding hydrogens is 208 g/mol. The fraction of sp³-hybridized carbons (Fsp3) is 0.273. The molecule has 2 heterocycles. The molecule has 0 saturated heterocycles. The van der Waals surface area contributed by atoms with Gasteiger partial charge in [-0.05, 0) is 6.07 Å². The van der Waals surface area contributed by atoms with E-state index >= 15 is 0 Å². The summed E-state index contributed by atoms with van der Waals surface area (Å²) in [5.74, 6) is -0.492. The van der Waals surface area contributed by atoms with Gasteiger partial charge in [-0.15, -0.1) is 0 Å². The molecule has 0 amide bonds. The smallest absolute Gasteiger partial charge is 0.340 e. The zero-order valence-electron chi connectivity index (χ0n) is 9.35. The highest BCUT2D eigenvalue weighted by molar-refractivity contribution is 6.03. The van der Waals surface area contributed by atoms with E-state index in [4.69, 9.17) is 0 Å². The van der Waals surface area contributed by atoms with Gasteiger partial charge in [0.15, 0.2) is 0 Å². The normalized spacial score (nSPS) is 10.7. The number of hydrogen-bond donors (Lipinski definition) is 0. The van der Waals surface area contributed by atoms with Gasteiger partial charge in [0, 0.05) is 26.5 Å². The number of rotatable bonds is 1. The summed E-state index contributed by atoms with van der Waals surface area (Å²) in [4.78, 5) is 23.4. The molecule has 0 N–H and O–H groups in total. The molecule has 84 valence electrons. The predicted octanol–water partition coefficient (Wildman–Crippen LogP) is 0.664. The van der Waals surface area contributed by atoms with Crippen LogP contribution in [-0.2, 0) is 18.8 Å². The number of fused-ring (bicyclic) bond motifs is 1. The first kappa shape index (κ1) is 10.5. The van der Waals surface area contributed by atoms with Crippen molar-refractivity contribution in [3.8, 4) is 0 Å². The Labute approximate surface area is 91.9 Å². The van der Waals surface area contributed by atoms with Crippen LogP contribution in [0.5, 0.6) is 0 Å². The molecule has 0 bridgehead atoms.